The van der Waals surface area contributed by atoms with Gasteiger partial charge in [-0.3, -0.25) is 9.59 Å². The van der Waals surface area contributed by atoms with Crippen LogP contribution in [0.2, 0.25) is 0 Å². The van der Waals surface area contributed by atoms with Crippen molar-refractivity contribution in [2.45, 2.75) is 39.4 Å². The Morgan fingerprint density at radius 2 is 2.25 bits per heavy atom. The molecule has 2 rings (SSSR count). The molecule has 1 atom stereocenters. The van der Waals surface area contributed by atoms with Gasteiger partial charge in [0.1, 0.15) is 5.69 Å². The van der Waals surface area contributed by atoms with Crippen LogP contribution in [0.5, 0.6) is 0 Å². The summed E-state index contributed by atoms with van der Waals surface area (Å²) in [7, 11) is 0. The van der Waals surface area contributed by atoms with Crippen molar-refractivity contribution in [2.75, 3.05) is 18.4 Å². The van der Waals surface area contributed by atoms with Crippen molar-refractivity contribution in [3.8, 4) is 0 Å². The molecule has 0 aromatic carbocycles. The summed E-state index contributed by atoms with van der Waals surface area (Å²) < 4.78 is 5.78. The third kappa shape index (κ3) is 3.55. The summed E-state index contributed by atoms with van der Waals surface area (Å²) in [5, 5.41) is 4.69. The highest BCUT2D eigenvalue weighted by Crippen LogP contribution is 2.23. The Morgan fingerprint density at radius 1 is 1.55 bits per heavy atom. The third-order valence-electron chi connectivity index (χ3n) is 2.86. The molecular weight excluding hydrogens is 278 g/mol. The summed E-state index contributed by atoms with van der Waals surface area (Å²) in [4.78, 5) is 29.3. The molecule has 0 saturated carbocycles. The Labute approximate surface area is 122 Å². The number of carbonyl (C=O) groups is 2. The van der Waals surface area contributed by atoms with E-state index in [1.807, 2.05) is 20.8 Å². The molecular formula is C13H19N3O3S. The Morgan fingerprint density at radius 3 is 2.85 bits per heavy atom. The van der Waals surface area contributed by atoms with Crippen molar-refractivity contribution < 1.29 is 14.3 Å². The summed E-state index contributed by atoms with van der Waals surface area (Å²) in [6.07, 6.45) is -0.00356. The molecule has 2 amide bonds. The molecule has 0 radical (unpaired) electrons. The summed E-state index contributed by atoms with van der Waals surface area (Å²) >= 11 is 1.25. The van der Waals surface area contributed by atoms with E-state index in [1.165, 1.54) is 18.3 Å². The first-order valence-electron chi connectivity index (χ1n) is 6.47. The molecule has 1 aromatic rings. The van der Waals surface area contributed by atoms with Gasteiger partial charge in [-0.1, -0.05) is 0 Å². The van der Waals surface area contributed by atoms with Gasteiger partial charge in [0.25, 0.3) is 5.91 Å². The van der Waals surface area contributed by atoms with Gasteiger partial charge in [0.15, 0.2) is 5.13 Å². The molecule has 6 nitrogen and oxygen atoms in total. The van der Waals surface area contributed by atoms with E-state index in [0.717, 1.165) is 0 Å². The number of amides is 2. The van der Waals surface area contributed by atoms with Crippen LogP contribution in [0.25, 0.3) is 0 Å². The molecule has 0 bridgehead atoms. The van der Waals surface area contributed by atoms with E-state index in [1.54, 1.807) is 10.3 Å². The van der Waals surface area contributed by atoms with Crippen LogP contribution in [-0.4, -0.2) is 46.5 Å². The maximum Gasteiger partial charge on any atom is 0.273 e. The molecule has 0 aliphatic carbocycles. The number of ether oxygens (including phenoxy) is 1. The predicted octanol–water partition coefficient (Wildman–Crippen LogP) is 1.74. The van der Waals surface area contributed by atoms with E-state index in [-0.39, 0.29) is 23.5 Å². The minimum atomic E-state index is -0.357. The number of hydrogen-bond acceptors (Lipinski definition) is 5. The van der Waals surface area contributed by atoms with Gasteiger partial charge in [-0.15, -0.1) is 11.3 Å². The largest absolute Gasteiger partial charge is 0.369 e. The molecule has 1 aromatic heterocycles. The highest BCUT2D eigenvalue weighted by Gasteiger charge is 2.34. The van der Waals surface area contributed by atoms with Gasteiger partial charge in [0.2, 0.25) is 5.91 Å². The minimum absolute atomic E-state index is 0.00356. The fourth-order valence-corrected chi connectivity index (χ4v) is 3.08. The van der Waals surface area contributed by atoms with Crippen LogP contribution in [-0.2, 0) is 9.53 Å². The van der Waals surface area contributed by atoms with Gasteiger partial charge in [-0.05, 0) is 20.8 Å². The zero-order valence-electron chi connectivity index (χ0n) is 12.1. The zero-order chi connectivity index (χ0) is 14.9. The zero-order valence-corrected chi connectivity index (χ0v) is 12.9. The second-order valence-electron chi connectivity index (χ2n) is 5.59. The highest BCUT2D eigenvalue weighted by atomic mass is 32.1. The van der Waals surface area contributed by atoms with Crippen LogP contribution in [0.3, 0.4) is 0 Å². The summed E-state index contributed by atoms with van der Waals surface area (Å²) in [6, 6.07) is 0. The van der Waals surface area contributed by atoms with Crippen molar-refractivity contribution in [3.63, 3.8) is 0 Å². The summed E-state index contributed by atoms with van der Waals surface area (Å²) in [6.45, 7) is 8.37. The van der Waals surface area contributed by atoms with Crippen LogP contribution in [0, 0.1) is 0 Å². The lowest BCUT2D eigenvalue weighted by molar-refractivity contribution is -0.118. The standard InChI is InChI=1S/C13H19N3O3S/c1-8-5-16(7-13(3,4)19-8)11(18)10-6-20-12(15-10)14-9(2)17/h6,8H,5,7H2,1-4H3,(H,14,15,17). The lowest BCUT2D eigenvalue weighted by atomic mass is 10.1. The van der Waals surface area contributed by atoms with Crippen LogP contribution in [0.15, 0.2) is 5.38 Å². The Bertz CT molecular complexity index is 527. The number of thiazole rings is 1. The molecule has 0 spiro atoms. The van der Waals surface area contributed by atoms with Crippen LogP contribution in [0.4, 0.5) is 5.13 Å². The fourth-order valence-electron chi connectivity index (χ4n) is 2.35. The van der Waals surface area contributed by atoms with Gasteiger partial charge in [0, 0.05) is 25.4 Å². The lowest BCUT2D eigenvalue weighted by Gasteiger charge is -2.41. The van der Waals surface area contributed by atoms with E-state index >= 15 is 0 Å². The molecule has 1 aliphatic heterocycles. The smallest absolute Gasteiger partial charge is 0.273 e. The Hall–Kier alpha value is -1.47. The predicted molar refractivity (Wildman–Crippen MR) is 76.9 cm³/mol. The molecule has 1 unspecified atom stereocenters. The van der Waals surface area contributed by atoms with Gasteiger partial charge in [-0.25, -0.2) is 4.98 Å². The molecule has 1 N–H and O–H groups in total. The van der Waals surface area contributed by atoms with Gasteiger partial charge in [-0.2, -0.15) is 0 Å². The van der Waals surface area contributed by atoms with Crippen molar-refractivity contribution in [1.82, 2.24) is 9.88 Å². The van der Waals surface area contributed by atoms with Gasteiger partial charge in [0.05, 0.1) is 11.7 Å². The molecule has 20 heavy (non-hydrogen) atoms. The Kier molecular flexibility index (Phi) is 4.10. The third-order valence-corrected chi connectivity index (χ3v) is 3.62. The first-order valence-corrected chi connectivity index (χ1v) is 7.35. The van der Waals surface area contributed by atoms with Crippen molar-refractivity contribution in [2.24, 2.45) is 0 Å². The second kappa shape index (κ2) is 5.49. The number of nitrogens with zero attached hydrogens (tertiary/aromatic N) is 2. The van der Waals surface area contributed by atoms with Gasteiger partial charge < -0.3 is 15.0 Å². The number of anilines is 1. The number of morpholine rings is 1. The number of hydrogen-bond donors (Lipinski definition) is 1. The first-order chi connectivity index (χ1) is 9.27. The summed E-state index contributed by atoms with van der Waals surface area (Å²) in [5.41, 5.74) is 0.00716. The number of aromatic nitrogens is 1. The summed E-state index contributed by atoms with van der Waals surface area (Å²) in [5.74, 6) is -0.319. The molecule has 110 valence electrons. The SMILES string of the molecule is CC(=O)Nc1nc(C(=O)N2CC(C)OC(C)(C)C2)cs1. The minimum Gasteiger partial charge on any atom is -0.369 e. The normalized spacial score (nSPS) is 21.6. The van der Waals surface area contributed by atoms with Crippen LogP contribution in [0.1, 0.15) is 38.2 Å². The van der Waals surface area contributed by atoms with E-state index in [9.17, 15) is 9.59 Å². The van der Waals surface area contributed by atoms with E-state index in [0.29, 0.717) is 23.9 Å². The number of nitrogens with one attached hydrogen (secondary N) is 1. The average molecular weight is 297 g/mol. The maximum absolute atomic E-state index is 12.4. The second-order valence-corrected chi connectivity index (χ2v) is 6.45. The molecule has 1 saturated heterocycles. The number of rotatable bonds is 2. The van der Waals surface area contributed by atoms with E-state index in [2.05, 4.69) is 10.3 Å². The van der Waals surface area contributed by atoms with Crippen molar-refractivity contribution >= 4 is 28.3 Å². The monoisotopic (exact) mass is 297 g/mol. The fraction of sp³-hybridized carbons (Fsp3) is 0.615. The Balaban J connectivity index is 2.10. The molecule has 7 heteroatoms. The topological polar surface area (TPSA) is 71.5 Å². The molecule has 2 heterocycles. The lowest BCUT2D eigenvalue weighted by Crippen LogP contribution is -2.53. The van der Waals surface area contributed by atoms with E-state index in [4.69, 9.17) is 4.74 Å². The van der Waals surface area contributed by atoms with Crippen molar-refractivity contribution in [3.05, 3.63) is 11.1 Å². The van der Waals surface area contributed by atoms with Crippen molar-refractivity contribution in [1.29, 1.82) is 0 Å². The molecule has 1 aliphatic rings. The quantitative estimate of drug-likeness (QED) is 0.902. The first kappa shape index (κ1) is 14.9. The van der Waals surface area contributed by atoms with Crippen LogP contribution < -0.4 is 5.32 Å². The maximum atomic E-state index is 12.4. The number of carbonyl (C=O) groups excluding carboxylic acids is 2. The van der Waals surface area contributed by atoms with E-state index < -0.39 is 0 Å². The molecule has 1 fully saturated rings. The van der Waals surface area contributed by atoms with Gasteiger partial charge >= 0.3 is 0 Å². The van der Waals surface area contributed by atoms with Crippen LogP contribution >= 0.6 is 11.3 Å². The highest BCUT2D eigenvalue weighted by molar-refractivity contribution is 7.14. The average Bonchev–Trinajstić information content (AvgIpc) is 2.72.